The van der Waals surface area contributed by atoms with Crippen molar-refractivity contribution >= 4 is 23.0 Å². The average molecular weight is 269 g/mol. The molecule has 1 fully saturated rings. The number of aromatic nitrogens is 2. The zero-order valence-electron chi connectivity index (χ0n) is 11.7. The molecule has 1 saturated heterocycles. The monoisotopic (exact) mass is 269 g/mol. The highest BCUT2D eigenvalue weighted by Gasteiger charge is 2.15. The maximum absolute atomic E-state index is 5.72. The van der Waals surface area contributed by atoms with E-state index in [1.807, 2.05) is 42.3 Å². The normalized spacial score (nSPS) is 14.6. The van der Waals surface area contributed by atoms with E-state index in [1.165, 1.54) is 12.8 Å². The van der Waals surface area contributed by atoms with Gasteiger partial charge < -0.3 is 15.5 Å². The van der Waals surface area contributed by atoms with Crippen molar-refractivity contribution in [3.05, 3.63) is 36.7 Å². The lowest BCUT2D eigenvalue weighted by molar-refractivity contribution is 0.923. The maximum Gasteiger partial charge on any atom is 0.138 e. The summed E-state index contributed by atoms with van der Waals surface area (Å²) in [6, 6.07) is 9.82. The van der Waals surface area contributed by atoms with Crippen LogP contribution < -0.4 is 15.5 Å². The minimum Gasteiger partial charge on any atom is -0.399 e. The lowest BCUT2D eigenvalue weighted by atomic mass is 10.2. The fourth-order valence-corrected chi connectivity index (χ4v) is 2.47. The van der Waals surface area contributed by atoms with E-state index in [1.54, 1.807) is 6.33 Å². The molecule has 2 N–H and O–H groups in total. The Morgan fingerprint density at radius 1 is 1.10 bits per heavy atom. The number of nitrogen functional groups attached to an aromatic ring is 1. The molecule has 2 heterocycles. The second kappa shape index (κ2) is 5.36. The highest BCUT2D eigenvalue weighted by atomic mass is 15.2. The number of nitrogens with two attached hydrogens (primary N) is 1. The maximum atomic E-state index is 5.72. The quantitative estimate of drug-likeness (QED) is 0.867. The van der Waals surface area contributed by atoms with Crippen molar-refractivity contribution in [3.63, 3.8) is 0 Å². The van der Waals surface area contributed by atoms with Gasteiger partial charge in [-0.3, -0.25) is 0 Å². The van der Waals surface area contributed by atoms with Gasteiger partial charge in [0.15, 0.2) is 0 Å². The largest absolute Gasteiger partial charge is 0.399 e. The van der Waals surface area contributed by atoms with E-state index in [0.717, 1.165) is 36.1 Å². The molecule has 0 spiro atoms. The minimum absolute atomic E-state index is 0.766. The molecule has 3 rings (SSSR count). The molecule has 1 aromatic carbocycles. The fourth-order valence-electron chi connectivity index (χ4n) is 2.47. The molecular formula is C15H19N5. The van der Waals surface area contributed by atoms with Crippen molar-refractivity contribution in [2.24, 2.45) is 0 Å². The van der Waals surface area contributed by atoms with Crippen molar-refractivity contribution < 1.29 is 0 Å². The van der Waals surface area contributed by atoms with Crippen LogP contribution in [0, 0.1) is 0 Å². The number of benzene rings is 1. The van der Waals surface area contributed by atoms with E-state index >= 15 is 0 Å². The van der Waals surface area contributed by atoms with Gasteiger partial charge >= 0.3 is 0 Å². The Labute approximate surface area is 119 Å². The molecule has 0 atom stereocenters. The SMILES string of the molecule is CN(c1ccc(N)cc1)c1cc(N2CCCC2)ncn1. The van der Waals surface area contributed by atoms with Gasteiger partial charge in [-0.25, -0.2) is 9.97 Å². The standard InChI is InChI=1S/C15H19N5/c1-19(13-6-4-12(16)5-7-13)14-10-15(18-11-17-14)20-8-2-3-9-20/h4-7,10-11H,2-3,8-9,16H2,1H3. The molecule has 0 radical (unpaired) electrons. The van der Waals surface area contributed by atoms with Gasteiger partial charge in [-0.1, -0.05) is 0 Å². The first kappa shape index (κ1) is 12.7. The minimum atomic E-state index is 0.766. The van der Waals surface area contributed by atoms with E-state index in [0.29, 0.717) is 0 Å². The molecule has 0 unspecified atom stereocenters. The number of nitrogens with zero attached hydrogens (tertiary/aromatic N) is 4. The van der Waals surface area contributed by atoms with Crippen LogP contribution >= 0.6 is 0 Å². The van der Waals surface area contributed by atoms with Crippen molar-refractivity contribution in [2.45, 2.75) is 12.8 Å². The van der Waals surface area contributed by atoms with Gasteiger partial charge in [0.05, 0.1) is 0 Å². The van der Waals surface area contributed by atoms with Crippen LogP contribution in [0.5, 0.6) is 0 Å². The molecule has 104 valence electrons. The zero-order valence-corrected chi connectivity index (χ0v) is 11.7. The van der Waals surface area contributed by atoms with Gasteiger partial charge in [0, 0.05) is 37.6 Å². The zero-order chi connectivity index (χ0) is 13.9. The summed E-state index contributed by atoms with van der Waals surface area (Å²) in [5, 5.41) is 0. The Balaban J connectivity index is 1.85. The van der Waals surface area contributed by atoms with Gasteiger partial charge in [0.25, 0.3) is 0 Å². The Kier molecular flexibility index (Phi) is 3.41. The van der Waals surface area contributed by atoms with E-state index in [9.17, 15) is 0 Å². The number of rotatable bonds is 3. The van der Waals surface area contributed by atoms with Gasteiger partial charge in [0.1, 0.15) is 18.0 Å². The molecule has 5 heteroatoms. The summed E-state index contributed by atoms with van der Waals surface area (Å²) >= 11 is 0. The Bertz CT molecular complexity index is 575. The van der Waals surface area contributed by atoms with E-state index in [2.05, 4.69) is 14.9 Å². The molecule has 0 saturated carbocycles. The molecule has 0 amide bonds. The third-order valence-corrected chi connectivity index (χ3v) is 3.69. The second-order valence-electron chi connectivity index (χ2n) is 5.08. The summed E-state index contributed by atoms with van der Waals surface area (Å²) in [5.74, 6) is 1.90. The summed E-state index contributed by atoms with van der Waals surface area (Å²) in [6.45, 7) is 2.17. The lowest BCUT2D eigenvalue weighted by Gasteiger charge is -2.21. The molecule has 0 bridgehead atoms. The second-order valence-corrected chi connectivity index (χ2v) is 5.08. The molecule has 1 aliphatic heterocycles. The van der Waals surface area contributed by atoms with Crippen LogP contribution in [0.15, 0.2) is 36.7 Å². The fraction of sp³-hybridized carbons (Fsp3) is 0.333. The number of anilines is 4. The Morgan fingerprint density at radius 3 is 2.50 bits per heavy atom. The van der Waals surface area contributed by atoms with Crippen molar-refractivity contribution in [1.29, 1.82) is 0 Å². The third-order valence-electron chi connectivity index (χ3n) is 3.69. The smallest absolute Gasteiger partial charge is 0.138 e. The van der Waals surface area contributed by atoms with Crippen LogP contribution in [0.2, 0.25) is 0 Å². The number of hydrogen-bond donors (Lipinski definition) is 1. The summed E-state index contributed by atoms with van der Waals surface area (Å²) in [5.41, 5.74) is 7.55. The van der Waals surface area contributed by atoms with Crippen LogP contribution in [0.25, 0.3) is 0 Å². The lowest BCUT2D eigenvalue weighted by Crippen LogP contribution is -2.20. The summed E-state index contributed by atoms with van der Waals surface area (Å²) < 4.78 is 0. The Morgan fingerprint density at radius 2 is 1.80 bits per heavy atom. The molecule has 2 aromatic rings. The highest BCUT2D eigenvalue weighted by molar-refractivity contribution is 5.63. The molecule has 0 aliphatic carbocycles. The van der Waals surface area contributed by atoms with E-state index in [4.69, 9.17) is 5.73 Å². The van der Waals surface area contributed by atoms with Crippen LogP contribution in [-0.2, 0) is 0 Å². The number of hydrogen-bond acceptors (Lipinski definition) is 5. The van der Waals surface area contributed by atoms with Crippen LogP contribution in [0.4, 0.5) is 23.0 Å². The first-order valence-corrected chi connectivity index (χ1v) is 6.90. The summed E-state index contributed by atoms with van der Waals surface area (Å²) in [6.07, 6.45) is 4.12. The molecule has 20 heavy (non-hydrogen) atoms. The van der Waals surface area contributed by atoms with Gasteiger partial charge in [-0.15, -0.1) is 0 Å². The van der Waals surface area contributed by atoms with Gasteiger partial charge in [-0.05, 0) is 37.1 Å². The topological polar surface area (TPSA) is 58.3 Å². The van der Waals surface area contributed by atoms with Crippen molar-refractivity contribution in [1.82, 2.24) is 9.97 Å². The Hall–Kier alpha value is -2.30. The van der Waals surface area contributed by atoms with E-state index < -0.39 is 0 Å². The molecule has 1 aromatic heterocycles. The van der Waals surface area contributed by atoms with Crippen LogP contribution in [-0.4, -0.2) is 30.1 Å². The first-order valence-electron chi connectivity index (χ1n) is 6.90. The summed E-state index contributed by atoms with van der Waals surface area (Å²) in [4.78, 5) is 13.1. The van der Waals surface area contributed by atoms with Crippen LogP contribution in [0.3, 0.4) is 0 Å². The third kappa shape index (κ3) is 2.52. The van der Waals surface area contributed by atoms with Gasteiger partial charge in [-0.2, -0.15) is 0 Å². The average Bonchev–Trinajstić information content (AvgIpc) is 3.02. The molecule has 5 nitrogen and oxygen atoms in total. The highest BCUT2D eigenvalue weighted by Crippen LogP contribution is 2.26. The predicted molar refractivity (Wildman–Crippen MR) is 82.4 cm³/mol. The van der Waals surface area contributed by atoms with E-state index in [-0.39, 0.29) is 0 Å². The van der Waals surface area contributed by atoms with Crippen molar-refractivity contribution in [3.8, 4) is 0 Å². The molecular weight excluding hydrogens is 250 g/mol. The van der Waals surface area contributed by atoms with Crippen LogP contribution in [0.1, 0.15) is 12.8 Å². The molecule has 1 aliphatic rings. The van der Waals surface area contributed by atoms with Gasteiger partial charge in [0.2, 0.25) is 0 Å². The predicted octanol–water partition coefficient (Wildman–Crippen LogP) is 2.43. The first-order chi connectivity index (χ1) is 9.74. The van der Waals surface area contributed by atoms with Crippen molar-refractivity contribution in [2.75, 3.05) is 35.7 Å². The summed E-state index contributed by atoms with van der Waals surface area (Å²) in [7, 11) is 2.00.